The Morgan fingerprint density at radius 3 is 2.48 bits per heavy atom. The highest BCUT2D eigenvalue weighted by molar-refractivity contribution is 7.14. The number of hydrogen-bond donors (Lipinski definition) is 2. The van der Waals surface area contributed by atoms with Crippen LogP contribution in [-0.4, -0.2) is 23.0 Å². The minimum atomic E-state index is -4.52. The molecule has 0 radical (unpaired) electrons. The molecule has 0 saturated heterocycles. The van der Waals surface area contributed by atoms with Gasteiger partial charge in [-0.3, -0.25) is 4.79 Å². The summed E-state index contributed by atoms with van der Waals surface area (Å²) >= 11 is 1.15. The van der Waals surface area contributed by atoms with Crippen molar-refractivity contribution in [3.63, 3.8) is 0 Å². The van der Waals surface area contributed by atoms with Gasteiger partial charge in [0.15, 0.2) is 0 Å². The van der Waals surface area contributed by atoms with Crippen LogP contribution in [0.15, 0.2) is 42.5 Å². The Morgan fingerprint density at radius 1 is 1.10 bits per heavy atom. The van der Waals surface area contributed by atoms with Crippen LogP contribution < -0.4 is 10.6 Å². The van der Waals surface area contributed by atoms with E-state index >= 15 is 0 Å². The Bertz CT molecular complexity index is 1140. The minimum absolute atomic E-state index is 0.00175. The van der Waals surface area contributed by atoms with Gasteiger partial charge in [0.1, 0.15) is 16.6 Å². The Labute approximate surface area is 180 Å². The molecule has 0 aliphatic heterocycles. The lowest BCUT2D eigenvalue weighted by atomic mass is 9.90. The number of alkyl halides is 3. The van der Waals surface area contributed by atoms with Crippen molar-refractivity contribution >= 4 is 33.8 Å². The first kappa shape index (κ1) is 21.1. The van der Waals surface area contributed by atoms with E-state index in [2.05, 4.69) is 15.6 Å². The number of hydrogen-bond acceptors (Lipinski definition) is 5. The average molecular weight is 444 g/mol. The number of nitrogens with one attached hydrogen (secondary N) is 2. The molecule has 1 aliphatic rings. The maximum absolute atomic E-state index is 13.3. The highest BCUT2D eigenvalue weighted by atomic mass is 32.1. The minimum Gasteiger partial charge on any atom is -0.382 e. The molecule has 1 fully saturated rings. The molecule has 0 spiro atoms. The van der Waals surface area contributed by atoms with Crippen LogP contribution in [0.3, 0.4) is 0 Å². The standard InChI is InChI=1S/C22H19F3N4OS/c23-22(24,25)20-11-18(16-3-1-2-4-17(16)29-20)27-13-5-7-14(8-6-13)28-21(30)19-10-9-15(12-26)31-19/h1-4,9-11,13-14H,5-8H2,(H,27,29)(H,28,30)/t13-,14+. The van der Waals surface area contributed by atoms with Crippen molar-refractivity contribution < 1.29 is 18.0 Å². The summed E-state index contributed by atoms with van der Waals surface area (Å²) in [5, 5.41) is 15.8. The number of halogens is 3. The largest absolute Gasteiger partial charge is 0.433 e. The number of benzene rings is 1. The number of nitrogens with zero attached hydrogens (tertiary/aromatic N) is 2. The number of carbonyl (C=O) groups excluding carboxylic acids is 1. The van der Waals surface area contributed by atoms with E-state index in [0.717, 1.165) is 43.1 Å². The molecule has 2 aromatic heterocycles. The molecule has 3 aromatic rings. The number of anilines is 1. The van der Waals surface area contributed by atoms with Gasteiger partial charge in [-0.05, 0) is 49.9 Å². The van der Waals surface area contributed by atoms with Crippen LogP contribution in [0.5, 0.6) is 0 Å². The Morgan fingerprint density at radius 2 is 1.81 bits per heavy atom. The van der Waals surface area contributed by atoms with E-state index < -0.39 is 11.9 Å². The molecule has 31 heavy (non-hydrogen) atoms. The van der Waals surface area contributed by atoms with Crippen LogP contribution in [-0.2, 0) is 6.18 Å². The fourth-order valence-electron chi connectivity index (χ4n) is 3.82. The van der Waals surface area contributed by atoms with Crippen molar-refractivity contribution in [3.05, 3.63) is 57.9 Å². The summed E-state index contributed by atoms with van der Waals surface area (Å²) in [7, 11) is 0. The number of para-hydroxylation sites is 1. The van der Waals surface area contributed by atoms with Gasteiger partial charge < -0.3 is 10.6 Å². The lowest BCUT2D eigenvalue weighted by molar-refractivity contribution is -0.140. The second-order valence-corrected chi connectivity index (χ2v) is 8.60. The molecule has 4 rings (SSSR count). The molecule has 0 atom stereocenters. The summed E-state index contributed by atoms with van der Waals surface area (Å²) in [5.41, 5.74) is -0.191. The summed E-state index contributed by atoms with van der Waals surface area (Å²) in [6, 6.07) is 13.1. The van der Waals surface area contributed by atoms with Gasteiger partial charge in [0.05, 0.1) is 10.4 Å². The maximum Gasteiger partial charge on any atom is 0.433 e. The Hall–Kier alpha value is -3.12. The first-order chi connectivity index (χ1) is 14.8. The fraction of sp³-hybridized carbons (Fsp3) is 0.318. The molecule has 1 saturated carbocycles. The van der Waals surface area contributed by atoms with Crippen molar-refractivity contribution in [3.8, 4) is 6.07 Å². The van der Waals surface area contributed by atoms with Crippen LogP contribution in [0.1, 0.15) is 45.9 Å². The lowest BCUT2D eigenvalue weighted by Crippen LogP contribution is -2.40. The summed E-state index contributed by atoms with van der Waals surface area (Å²) in [5.74, 6) is -0.196. The number of aromatic nitrogens is 1. The zero-order chi connectivity index (χ0) is 22.0. The molecule has 0 unspecified atom stereocenters. The third kappa shape index (κ3) is 4.80. The van der Waals surface area contributed by atoms with Crippen molar-refractivity contribution in [1.29, 1.82) is 5.26 Å². The van der Waals surface area contributed by atoms with E-state index in [1.165, 1.54) is 0 Å². The number of amides is 1. The Balaban J connectivity index is 1.41. The van der Waals surface area contributed by atoms with Gasteiger partial charge in [-0.2, -0.15) is 18.4 Å². The number of nitriles is 1. The van der Waals surface area contributed by atoms with Gasteiger partial charge in [-0.15, -0.1) is 11.3 Å². The highest BCUT2D eigenvalue weighted by Crippen LogP contribution is 2.34. The molecule has 2 N–H and O–H groups in total. The van der Waals surface area contributed by atoms with Crippen LogP contribution in [0.2, 0.25) is 0 Å². The molecule has 5 nitrogen and oxygen atoms in total. The van der Waals surface area contributed by atoms with Crippen molar-refractivity contribution in [1.82, 2.24) is 10.3 Å². The number of rotatable bonds is 4. The number of fused-ring (bicyclic) bond motifs is 1. The molecule has 1 aliphatic carbocycles. The SMILES string of the molecule is N#Cc1ccc(C(=O)N[C@H]2CC[C@@H](Nc3cc(C(F)(F)F)nc4ccccc34)CC2)s1. The van der Waals surface area contributed by atoms with E-state index in [9.17, 15) is 18.0 Å². The molecule has 2 heterocycles. The third-order valence-electron chi connectivity index (χ3n) is 5.37. The highest BCUT2D eigenvalue weighted by Gasteiger charge is 2.34. The van der Waals surface area contributed by atoms with Gasteiger partial charge in [0.2, 0.25) is 0 Å². The van der Waals surface area contributed by atoms with E-state index in [0.29, 0.717) is 26.3 Å². The molecule has 9 heteroatoms. The number of thiophene rings is 1. The van der Waals surface area contributed by atoms with E-state index in [4.69, 9.17) is 5.26 Å². The van der Waals surface area contributed by atoms with E-state index in [-0.39, 0.29) is 18.0 Å². The molecule has 1 aromatic carbocycles. The van der Waals surface area contributed by atoms with Crippen LogP contribution in [0, 0.1) is 11.3 Å². The predicted octanol–water partition coefficient (Wildman–Crippen LogP) is 5.34. The summed E-state index contributed by atoms with van der Waals surface area (Å²) in [6.07, 6.45) is -1.65. The maximum atomic E-state index is 13.3. The summed E-state index contributed by atoms with van der Waals surface area (Å²) < 4.78 is 39.8. The van der Waals surface area contributed by atoms with Crippen molar-refractivity contribution in [2.75, 3.05) is 5.32 Å². The first-order valence-electron chi connectivity index (χ1n) is 9.88. The fourth-order valence-corrected chi connectivity index (χ4v) is 4.52. The second-order valence-electron chi connectivity index (χ2n) is 7.51. The molecular weight excluding hydrogens is 425 g/mol. The number of pyridine rings is 1. The summed E-state index contributed by atoms with van der Waals surface area (Å²) in [6.45, 7) is 0. The van der Waals surface area contributed by atoms with Crippen LogP contribution in [0.25, 0.3) is 10.9 Å². The predicted molar refractivity (Wildman–Crippen MR) is 113 cm³/mol. The first-order valence-corrected chi connectivity index (χ1v) is 10.7. The van der Waals surface area contributed by atoms with Gasteiger partial charge in [-0.25, -0.2) is 4.98 Å². The second kappa shape index (κ2) is 8.55. The zero-order valence-electron chi connectivity index (χ0n) is 16.4. The van der Waals surface area contributed by atoms with Crippen molar-refractivity contribution in [2.24, 2.45) is 0 Å². The van der Waals surface area contributed by atoms with Gasteiger partial charge in [0, 0.05) is 23.2 Å². The normalized spacial score (nSPS) is 19.0. The molecule has 1 amide bonds. The average Bonchev–Trinajstić information content (AvgIpc) is 3.24. The van der Waals surface area contributed by atoms with Gasteiger partial charge in [0.25, 0.3) is 5.91 Å². The van der Waals surface area contributed by atoms with Gasteiger partial charge in [-0.1, -0.05) is 18.2 Å². The quantitative estimate of drug-likeness (QED) is 0.569. The Kier molecular flexibility index (Phi) is 5.83. The topological polar surface area (TPSA) is 77.8 Å². The lowest BCUT2D eigenvalue weighted by Gasteiger charge is -2.30. The monoisotopic (exact) mass is 444 g/mol. The molecule has 0 bridgehead atoms. The summed E-state index contributed by atoms with van der Waals surface area (Å²) in [4.78, 5) is 17.1. The van der Waals surface area contributed by atoms with Crippen LogP contribution >= 0.6 is 11.3 Å². The molecular formula is C22H19F3N4OS. The molecule has 160 valence electrons. The van der Waals surface area contributed by atoms with Crippen molar-refractivity contribution in [2.45, 2.75) is 43.9 Å². The smallest absolute Gasteiger partial charge is 0.382 e. The van der Waals surface area contributed by atoms with Gasteiger partial charge >= 0.3 is 6.18 Å². The van der Waals surface area contributed by atoms with E-state index in [1.54, 1.807) is 36.4 Å². The van der Waals surface area contributed by atoms with Crippen LogP contribution in [0.4, 0.5) is 18.9 Å². The number of carbonyl (C=O) groups is 1. The third-order valence-corrected chi connectivity index (χ3v) is 6.36. The zero-order valence-corrected chi connectivity index (χ0v) is 17.2. The van der Waals surface area contributed by atoms with E-state index in [1.807, 2.05) is 6.07 Å².